The summed E-state index contributed by atoms with van der Waals surface area (Å²) in [4.78, 5) is 86.1. The van der Waals surface area contributed by atoms with Crippen LogP contribution in [0.15, 0.2) is 207 Å². The van der Waals surface area contributed by atoms with Gasteiger partial charge in [0.2, 0.25) is 23.6 Å². The first-order chi connectivity index (χ1) is 53.6. The van der Waals surface area contributed by atoms with Crippen LogP contribution in [0.5, 0.6) is 0 Å². The van der Waals surface area contributed by atoms with E-state index in [0.29, 0.717) is 105 Å². The lowest BCUT2D eigenvalue weighted by atomic mass is 9.84. The summed E-state index contributed by atoms with van der Waals surface area (Å²) in [6, 6.07) is 69.9. The zero-order chi connectivity index (χ0) is 77.2. The molecular formula is C90H104N8O10P2+2. The van der Waals surface area contributed by atoms with E-state index in [2.05, 4.69) is 197 Å². The molecule has 0 fully saturated rings. The molecule has 572 valence electrons. The van der Waals surface area contributed by atoms with Gasteiger partial charge in [0.15, 0.2) is 0 Å². The summed E-state index contributed by atoms with van der Waals surface area (Å²) in [5.41, 5.74) is 9.83. The number of allylic oxidation sites excluding steroid dienone is 2. The molecule has 5 heterocycles. The van der Waals surface area contributed by atoms with Crippen molar-refractivity contribution >= 4 is 115 Å². The molecule has 8 bridgehead atoms. The lowest BCUT2D eigenvalue weighted by Crippen LogP contribution is -2.34. The molecule has 0 aliphatic carbocycles. The summed E-state index contributed by atoms with van der Waals surface area (Å²) < 4.78 is 23.5. The number of carboxylic acids is 1. The molecule has 18 nitrogen and oxygen atoms in total. The van der Waals surface area contributed by atoms with Crippen molar-refractivity contribution in [1.29, 1.82) is 0 Å². The van der Waals surface area contributed by atoms with Crippen LogP contribution in [-0.4, -0.2) is 146 Å². The van der Waals surface area contributed by atoms with Gasteiger partial charge < -0.3 is 55.3 Å². The Morgan fingerprint density at radius 2 is 0.882 bits per heavy atom. The number of aromatic amines is 2. The normalized spacial score (nSPS) is 13.6. The largest absolute Gasteiger partial charge is 0.478 e. The third kappa shape index (κ3) is 19.9. The second-order valence-electron chi connectivity index (χ2n) is 27.8. The number of aryl methyl sites for hydroxylation is 2. The summed E-state index contributed by atoms with van der Waals surface area (Å²) in [5, 5.41) is 31.0. The van der Waals surface area contributed by atoms with E-state index < -0.39 is 26.4 Å². The minimum Gasteiger partial charge on any atom is -0.478 e. The Morgan fingerprint density at radius 1 is 0.491 bits per heavy atom. The lowest BCUT2D eigenvalue weighted by molar-refractivity contribution is -0.122. The van der Waals surface area contributed by atoms with Crippen molar-refractivity contribution in [3.63, 3.8) is 0 Å². The summed E-state index contributed by atoms with van der Waals surface area (Å²) in [5.74, 6) is -2.54. The molecule has 7 N–H and O–H groups in total. The van der Waals surface area contributed by atoms with Crippen LogP contribution < -0.4 is 53.1 Å². The molecule has 0 saturated heterocycles. The van der Waals surface area contributed by atoms with Crippen molar-refractivity contribution in [2.75, 3.05) is 91.4 Å². The highest BCUT2D eigenvalue weighted by Crippen LogP contribution is 2.57. The smallest absolute Gasteiger partial charge is 0.338 e. The standard InChI is InChI=1S/C90H102N8O10P2/c1-7-73-63(3)77-60-79-65(5)75(43-44-85(101)93-47-51-107-54-53-105-49-45-91-83(99)41-27-57-109(67-29-15-9-16-30-67,68-31-17-10-18-32-68)69-33-19-11-20-34-69)88(97-79)76(89-87(90(103)104)66(6)80(98-89)62-82-74(8-2)64(4)78(96-82)61-81(73)95-77)59-86(102)94-48-52-108-56-55-106-50-46-92-84(100)42-28-58-110(70-35-21-12-22-36-70,71-37-23-13-24-38-71)72-39-25-14-26-40-72/h7,9-26,29-40,60-62,65,75H,1,8,27-28,41-59H2,2-6H3,(H5-2,91,92,93,94,95,96,97,98,99,100,101,102,103,104)/p+2. The molecule has 2 atom stereocenters. The van der Waals surface area contributed by atoms with Gasteiger partial charge in [0, 0.05) is 90.6 Å². The van der Waals surface area contributed by atoms with Crippen LogP contribution in [0.25, 0.3) is 39.3 Å². The molecule has 2 aliphatic rings. The number of carbonyl (C=O) groups is 5. The van der Waals surface area contributed by atoms with Crippen LogP contribution in [-0.2, 0) is 44.5 Å². The molecular weight excluding hydrogens is 1410 g/mol. The molecule has 3 aromatic heterocycles. The first kappa shape index (κ1) is 81.0. The maximum Gasteiger partial charge on any atom is 0.338 e. The number of rotatable bonds is 40. The average molecular weight is 1520 g/mol. The number of amides is 4. The SMILES string of the molecule is C=Cc1c(C)c2cc3nc(c(CC(=O)NCCOCCOCCNC(=O)CCC[P+](c4ccccc4)(c4ccccc4)c4ccccc4)c4[nH]c(cc5nc(cc1[nH]2)C(C)=C5CC)c(C)c4C(=O)O)C(CCC(=O)NCCOCCOCCNC(=O)CCC[P+](c1ccccc1)(c1ccccc1)c1ccccc1)C3C. The number of benzene rings is 6. The van der Waals surface area contributed by atoms with Crippen molar-refractivity contribution in [2.24, 2.45) is 0 Å². The number of nitrogens with one attached hydrogen (secondary N) is 6. The second kappa shape index (κ2) is 40.1. The molecule has 9 aromatic rings. The van der Waals surface area contributed by atoms with Gasteiger partial charge in [-0.3, -0.25) is 24.2 Å². The van der Waals surface area contributed by atoms with Gasteiger partial charge in [-0.2, -0.15) is 0 Å². The Kier molecular flexibility index (Phi) is 29.5. The maximum atomic E-state index is 14.5. The van der Waals surface area contributed by atoms with E-state index in [1.807, 2.05) is 74.5 Å². The van der Waals surface area contributed by atoms with Gasteiger partial charge in [-0.05, 0) is 160 Å². The lowest BCUT2D eigenvalue weighted by Gasteiger charge is -2.27. The minimum absolute atomic E-state index is 0.00589. The van der Waals surface area contributed by atoms with Gasteiger partial charge in [0.1, 0.15) is 46.4 Å². The fourth-order valence-electron chi connectivity index (χ4n) is 15.3. The maximum absolute atomic E-state index is 14.5. The minimum atomic E-state index is -2.05. The highest BCUT2D eigenvalue weighted by molar-refractivity contribution is 7.96. The van der Waals surface area contributed by atoms with E-state index in [4.69, 9.17) is 28.9 Å². The Hall–Kier alpha value is -10.0. The fourth-order valence-corrected chi connectivity index (χ4v) is 24.0. The summed E-state index contributed by atoms with van der Waals surface area (Å²) in [6.45, 7) is 17.4. The average Bonchev–Trinajstić information content (AvgIpc) is 1.22. The van der Waals surface area contributed by atoms with E-state index in [-0.39, 0.29) is 93.0 Å². The van der Waals surface area contributed by atoms with E-state index in [1.54, 1.807) is 6.92 Å². The van der Waals surface area contributed by atoms with E-state index in [0.717, 1.165) is 57.7 Å². The molecule has 0 spiro atoms. The van der Waals surface area contributed by atoms with Gasteiger partial charge in [0.25, 0.3) is 0 Å². The Labute approximate surface area is 647 Å². The quantitative estimate of drug-likeness (QED) is 0.0140. The van der Waals surface area contributed by atoms with Gasteiger partial charge in [0.05, 0.1) is 99.8 Å². The summed E-state index contributed by atoms with van der Waals surface area (Å²) in [7, 11) is -4.09. The number of aromatic nitrogens is 4. The molecule has 4 amide bonds. The van der Waals surface area contributed by atoms with Gasteiger partial charge in [-0.15, -0.1) is 0 Å². The monoisotopic (exact) mass is 1520 g/mol. The third-order valence-corrected chi connectivity index (χ3v) is 30.0. The first-order valence-electron chi connectivity index (χ1n) is 38.5. The number of carbonyl (C=O) groups excluding carboxylic acids is 4. The van der Waals surface area contributed by atoms with E-state index in [1.165, 1.54) is 31.8 Å². The Balaban J connectivity index is 0.687. The number of ether oxygens (including phenoxy) is 4. The van der Waals surface area contributed by atoms with Crippen molar-refractivity contribution in [1.82, 2.24) is 41.2 Å². The van der Waals surface area contributed by atoms with Crippen LogP contribution in [0.2, 0.25) is 0 Å². The van der Waals surface area contributed by atoms with E-state index >= 15 is 0 Å². The summed E-state index contributed by atoms with van der Waals surface area (Å²) in [6.07, 6.45) is 6.58. The molecule has 0 saturated carbocycles. The van der Waals surface area contributed by atoms with Crippen LogP contribution in [0.1, 0.15) is 133 Å². The van der Waals surface area contributed by atoms with E-state index in [9.17, 15) is 29.1 Å². The third-order valence-electron chi connectivity index (χ3n) is 21.0. The molecule has 6 aromatic carbocycles. The van der Waals surface area contributed by atoms with Crippen molar-refractivity contribution in [3.05, 3.63) is 257 Å². The van der Waals surface area contributed by atoms with Crippen LogP contribution >= 0.6 is 14.5 Å². The second-order valence-corrected chi connectivity index (χ2v) is 35.1. The highest BCUT2D eigenvalue weighted by Gasteiger charge is 2.46. The highest BCUT2D eigenvalue weighted by atomic mass is 31.2. The zero-order valence-corrected chi connectivity index (χ0v) is 65.7. The molecule has 110 heavy (non-hydrogen) atoms. The number of hydrogen-bond donors (Lipinski definition) is 7. The molecule has 0 radical (unpaired) electrons. The predicted molar refractivity (Wildman–Crippen MR) is 448 cm³/mol. The number of nitrogens with zero attached hydrogens (tertiary/aromatic N) is 2. The van der Waals surface area contributed by atoms with Crippen LogP contribution in [0.3, 0.4) is 0 Å². The van der Waals surface area contributed by atoms with Gasteiger partial charge in [-0.1, -0.05) is 136 Å². The summed E-state index contributed by atoms with van der Waals surface area (Å²) >= 11 is 0. The van der Waals surface area contributed by atoms with Crippen molar-refractivity contribution in [3.8, 4) is 0 Å². The molecule has 11 rings (SSSR count). The fraction of sp³-hybridized carbons (Fsp3) is 0.322. The molecule has 20 heteroatoms. The van der Waals surface area contributed by atoms with Crippen molar-refractivity contribution < 1.29 is 48.0 Å². The van der Waals surface area contributed by atoms with Gasteiger partial charge >= 0.3 is 5.97 Å². The first-order valence-corrected chi connectivity index (χ1v) is 42.4. The number of aromatic carboxylic acids is 1. The number of H-pyrrole nitrogens is 2. The molecule has 2 unspecified atom stereocenters. The number of fused-ring (bicyclic) bond motifs is 8. The van der Waals surface area contributed by atoms with Crippen molar-refractivity contribution in [2.45, 2.75) is 97.8 Å². The Bertz CT molecular complexity index is 4620. The zero-order valence-electron chi connectivity index (χ0n) is 64.0. The predicted octanol–water partition coefficient (Wildman–Crippen LogP) is 12.9. The van der Waals surface area contributed by atoms with Gasteiger partial charge in [-0.25, -0.2) is 9.78 Å². The number of hydrogen-bond acceptors (Lipinski definition) is 11. The van der Waals surface area contributed by atoms with Crippen LogP contribution in [0.4, 0.5) is 0 Å². The topological polar surface area (TPSA) is 248 Å². The number of carboxylic acid groups (broad SMARTS) is 1. The van der Waals surface area contributed by atoms with Crippen LogP contribution in [0, 0.1) is 13.8 Å². The Morgan fingerprint density at radius 3 is 1.28 bits per heavy atom. The molecule has 2 aliphatic heterocycles.